The van der Waals surface area contributed by atoms with Gasteiger partial charge in [-0.3, -0.25) is 10.1 Å². The first-order chi connectivity index (χ1) is 9.25. The van der Waals surface area contributed by atoms with Gasteiger partial charge in [0.2, 0.25) is 0 Å². The minimum Gasteiger partial charge on any atom is -0.313 e. The lowest BCUT2D eigenvalue weighted by molar-refractivity contribution is -0.385. The highest BCUT2D eigenvalue weighted by Gasteiger charge is 2.44. The van der Waals surface area contributed by atoms with Crippen LogP contribution in [0.15, 0.2) is 18.2 Å². The quantitative estimate of drug-likeness (QED) is 0.656. The fraction of sp³-hybridized carbons (Fsp3) is 0.500. The second-order valence-corrected chi connectivity index (χ2v) is 7.47. The summed E-state index contributed by atoms with van der Waals surface area (Å²) in [6.07, 6.45) is 1.47. The molecule has 0 bridgehead atoms. The molecule has 8 heteroatoms. The summed E-state index contributed by atoms with van der Waals surface area (Å²) in [7, 11) is -3.53. The number of halogens is 1. The third-order valence-electron chi connectivity index (χ3n) is 3.70. The molecule has 0 aliphatic heterocycles. The number of nitro groups is 1. The van der Waals surface area contributed by atoms with E-state index in [1.54, 1.807) is 0 Å². The molecule has 2 rings (SSSR count). The Hall–Kier alpha value is -1.54. The number of hydrogen-bond donors (Lipinski definition) is 1. The van der Waals surface area contributed by atoms with Crippen molar-refractivity contribution in [2.24, 2.45) is 5.73 Å². The van der Waals surface area contributed by atoms with Crippen molar-refractivity contribution in [3.8, 4) is 0 Å². The predicted octanol–water partition coefficient (Wildman–Crippen LogP) is 1.53. The van der Waals surface area contributed by atoms with Gasteiger partial charge in [0.15, 0.2) is 9.84 Å². The molecule has 0 aromatic heterocycles. The van der Waals surface area contributed by atoms with E-state index in [4.69, 9.17) is 5.73 Å². The molecule has 6 nitrogen and oxygen atoms in total. The van der Waals surface area contributed by atoms with Gasteiger partial charge in [0.1, 0.15) is 10.7 Å². The lowest BCUT2D eigenvalue weighted by atomic mass is 9.93. The first-order valence-electron chi connectivity index (χ1n) is 6.19. The predicted molar refractivity (Wildman–Crippen MR) is 71.3 cm³/mol. The van der Waals surface area contributed by atoms with E-state index in [-0.39, 0.29) is 23.4 Å². The smallest absolute Gasteiger partial charge is 0.269 e. The first-order valence-corrected chi connectivity index (χ1v) is 7.84. The SMILES string of the molecule is NC1(S(=O)(=O)CCc2cc([N+](=O)[O-])ccc2F)CCC1. The second-order valence-electron chi connectivity index (χ2n) is 5.02. The second kappa shape index (κ2) is 5.10. The topological polar surface area (TPSA) is 103 Å². The van der Waals surface area contributed by atoms with Gasteiger partial charge >= 0.3 is 0 Å². The number of benzene rings is 1. The van der Waals surface area contributed by atoms with Gasteiger partial charge in [-0.15, -0.1) is 0 Å². The number of nitro benzene ring substituents is 1. The zero-order chi connectivity index (χ0) is 15.0. The summed E-state index contributed by atoms with van der Waals surface area (Å²) in [6.45, 7) is 0. The highest BCUT2D eigenvalue weighted by molar-refractivity contribution is 7.92. The van der Waals surface area contributed by atoms with Gasteiger partial charge in [-0.05, 0) is 37.3 Å². The van der Waals surface area contributed by atoms with Gasteiger partial charge < -0.3 is 5.73 Å². The highest BCUT2D eigenvalue weighted by Crippen LogP contribution is 2.35. The van der Waals surface area contributed by atoms with Crippen LogP contribution in [0.5, 0.6) is 0 Å². The van der Waals surface area contributed by atoms with Crippen LogP contribution < -0.4 is 5.73 Å². The van der Waals surface area contributed by atoms with Crippen LogP contribution in [0.2, 0.25) is 0 Å². The van der Waals surface area contributed by atoms with Crippen LogP contribution in [0.25, 0.3) is 0 Å². The highest BCUT2D eigenvalue weighted by atomic mass is 32.2. The number of non-ortho nitro benzene ring substituents is 1. The van der Waals surface area contributed by atoms with Crippen LogP contribution in [0.4, 0.5) is 10.1 Å². The normalized spacial score (nSPS) is 17.5. The van der Waals surface area contributed by atoms with E-state index in [9.17, 15) is 22.9 Å². The lowest BCUT2D eigenvalue weighted by Gasteiger charge is -2.37. The average Bonchev–Trinajstić information content (AvgIpc) is 2.34. The molecule has 1 aliphatic rings. The number of rotatable bonds is 5. The molecule has 1 aromatic rings. The van der Waals surface area contributed by atoms with Crippen molar-refractivity contribution in [1.29, 1.82) is 0 Å². The molecule has 20 heavy (non-hydrogen) atoms. The zero-order valence-electron chi connectivity index (χ0n) is 10.7. The summed E-state index contributed by atoms with van der Waals surface area (Å²) < 4.78 is 37.7. The Labute approximate surface area is 115 Å². The molecular weight excluding hydrogens is 287 g/mol. The third kappa shape index (κ3) is 2.66. The molecule has 2 N–H and O–H groups in total. The summed E-state index contributed by atoms with van der Waals surface area (Å²) in [4.78, 5) is 8.78. The van der Waals surface area contributed by atoms with Gasteiger partial charge in [-0.25, -0.2) is 12.8 Å². The number of nitrogens with two attached hydrogens (primary N) is 1. The minimum atomic E-state index is -3.53. The van der Waals surface area contributed by atoms with Crippen LogP contribution in [0.1, 0.15) is 24.8 Å². The Balaban J connectivity index is 2.15. The zero-order valence-corrected chi connectivity index (χ0v) is 11.5. The van der Waals surface area contributed by atoms with Gasteiger partial charge in [0.05, 0.1) is 10.7 Å². The summed E-state index contributed by atoms with van der Waals surface area (Å²) >= 11 is 0. The van der Waals surface area contributed by atoms with Crippen LogP contribution in [-0.2, 0) is 16.3 Å². The molecule has 1 saturated carbocycles. The van der Waals surface area contributed by atoms with Crippen molar-refractivity contribution in [2.75, 3.05) is 5.75 Å². The van der Waals surface area contributed by atoms with E-state index in [0.29, 0.717) is 12.8 Å². The summed E-state index contributed by atoms with van der Waals surface area (Å²) in [5.74, 6) is -0.952. The standard InChI is InChI=1S/C12H15FN2O4S/c13-11-3-2-10(15(16)17)8-9(11)4-7-20(18,19)12(14)5-1-6-12/h2-3,8H,1,4-7,14H2. The van der Waals surface area contributed by atoms with Crippen LogP contribution in [0, 0.1) is 15.9 Å². The maximum atomic E-state index is 13.6. The fourth-order valence-electron chi connectivity index (χ4n) is 2.15. The van der Waals surface area contributed by atoms with Crippen molar-refractivity contribution < 1.29 is 17.7 Å². The summed E-state index contributed by atoms with van der Waals surface area (Å²) in [5.41, 5.74) is 5.53. The Morgan fingerprint density at radius 3 is 2.55 bits per heavy atom. The molecule has 0 atom stereocenters. The van der Waals surface area contributed by atoms with Gasteiger partial charge in [0, 0.05) is 12.1 Å². The summed E-state index contributed by atoms with van der Waals surface area (Å²) in [6, 6.07) is 3.08. The Bertz CT molecular complexity index is 641. The number of sulfone groups is 1. The molecular formula is C12H15FN2O4S. The van der Waals surface area contributed by atoms with Gasteiger partial charge in [-0.2, -0.15) is 0 Å². The van der Waals surface area contributed by atoms with Gasteiger partial charge in [0.25, 0.3) is 5.69 Å². The number of hydrogen-bond acceptors (Lipinski definition) is 5. The Kier molecular flexibility index (Phi) is 3.79. The van der Waals surface area contributed by atoms with E-state index in [1.807, 2.05) is 0 Å². The molecule has 110 valence electrons. The molecule has 0 unspecified atom stereocenters. The van der Waals surface area contributed by atoms with E-state index in [0.717, 1.165) is 24.6 Å². The van der Waals surface area contributed by atoms with Crippen molar-refractivity contribution in [3.05, 3.63) is 39.7 Å². The van der Waals surface area contributed by atoms with Crippen LogP contribution >= 0.6 is 0 Å². The van der Waals surface area contributed by atoms with Crippen molar-refractivity contribution in [1.82, 2.24) is 0 Å². The molecule has 1 aliphatic carbocycles. The van der Waals surface area contributed by atoms with E-state index >= 15 is 0 Å². The number of aryl methyl sites for hydroxylation is 1. The monoisotopic (exact) mass is 302 g/mol. The van der Waals surface area contributed by atoms with Crippen molar-refractivity contribution in [2.45, 2.75) is 30.6 Å². The molecule has 0 amide bonds. The van der Waals surface area contributed by atoms with Crippen LogP contribution in [-0.4, -0.2) is 24.0 Å². The van der Waals surface area contributed by atoms with E-state index in [2.05, 4.69) is 0 Å². The third-order valence-corrected chi connectivity index (χ3v) is 6.09. The molecule has 0 heterocycles. The average molecular weight is 302 g/mol. The Morgan fingerprint density at radius 2 is 2.05 bits per heavy atom. The largest absolute Gasteiger partial charge is 0.313 e. The molecule has 0 radical (unpaired) electrons. The molecule has 0 saturated heterocycles. The minimum absolute atomic E-state index is 0.0192. The maximum Gasteiger partial charge on any atom is 0.269 e. The van der Waals surface area contributed by atoms with Gasteiger partial charge in [-0.1, -0.05) is 0 Å². The molecule has 0 spiro atoms. The maximum absolute atomic E-state index is 13.6. The molecule has 1 fully saturated rings. The van der Waals surface area contributed by atoms with E-state index in [1.165, 1.54) is 0 Å². The lowest BCUT2D eigenvalue weighted by Crippen LogP contribution is -2.54. The van der Waals surface area contributed by atoms with Crippen LogP contribution in [0.3, 0.4) is 0 Å². The first kappa shape index (κ1) is 14.9. The fourth-order valence-corrected chi connectivity index (χ4v) is 3.96. The molecule has 1 aromatic carbocycles. The van der Waals surface area contributed by atoms with Crippen molar-refractivity contribution >= 4 is 15.5 Å². The number of nitrogens with zero attached hydrogens (tertiary/aromatic N) is 1. The Morgan fingerprint density at radius 1 is 1.40 bits per heavy atom. The summed E-state index contributed by atoms with van der Waals surface area (Å²) in [5, 5.41) is 10.6. The van der Waals surface area contributed by atoms with Crippen molar-refractivity contribution in [3.63, 3.8) is 0 Å². The van der Waals surface area contributed by atoms with E-state index < -0.39 is 25.4 Å².